The van der Waals surface area contributed by atoms with Crippen LogP contribution in [0, 0.1) is 27.7 Å². The number of amides is 1. The van der Waals surface area contributed by atoms with Crippen LogP contribution in [-0.2, 0) is 11.3 Å². The highest BCUT2D eigenvalue weighted by Gasteiger charge is 2.13. The molecule has 0 aliphatic carbocycles. The van der Waals surface area contributed by atoms with Gasteiger partial charge in [0.2, 0.25) is 5.91 Å². The number of benzene rings is 1. The minimum absolute atomic E-state index is 0.445. The summed E-state index contributed by atoms with van der Waals surface area (Å²) in [6, 6.07) is 8.10. The van der Waals surface area contributed by atoms with E-state index in [4.69, 9.17) is 5.11 Å². The van der Waals surface area contributed by atoms with E-state index < -0.39 is 12.5 Å². The van der Waals surface area contributed by atoms with Crippen LogP contribution in [0.25, 0.3) is 5.65 Å². The van der Waals surface area contributed by atoms with Crippen LogP contribution in [-0.4, -0.2) is 27.0 Å². The average molecular weight is 352 g/mol. The minimum atomic E-state index is -0.550. The third kappa shape index (κ3) is 3.41. The summed E-state index contributed by atoms with van der Waals surface area (Å²) in [5, 5.41) is 15.2. The fraction of sp³-hybridized carbons (Fsp3) is 0.300. The number of nitrogens with zero attached hydrogens (tertiary/aromatic N) is 2. The first-order chi connectivity index (χ1) is 12.4. The van der Waals surface area contributed by atoms with E-state index in [1.165, 1.54) is 16.7 Å². The number of hydrogen-bond donors (Lipinski definition) is 3. The number of aryl methyl sites for hydroxylation is 4. The summed E-state index contributed by atoms with van der Waals surface area (Å²) in [5.41, 5.74) is 7.91. The summed E-state index contributed by atoms with van der Waals surface area (Å²) in [7, 11) is 0. The molecule has 0 unspecified atom stereocenters. The second-order valence-corrected chi connectivity index (χ2v) is 6.55. The Labute approximate surface area is 152 Å². The van der Waals surface area contributed by atoms with Crippen molar-refractivity contribution in [2.75, 3.05) is 17.2 Å². The topological polar surface area (TPSA) is 78.7 Å². The molecule has 2 heterocycles. The Bertz CT molecular complexity index is 955. The SMILES string of the molecule is Cc1cccc(C)c1CNc1cc(NC(=O)CO)cn2c(C)c(C)nc12. The Balaban J connectivity index is 2.00. The molecule has 0 aliphatic heterocycles. The monoisotopic (exact) mass is 352 g/mol. The van der Waals surface area contributed by atoms with E-state index in [9.17, 15) is 4.79 Å². The van der Waals surface area contributed by atoms with Gasteiger partial charge in [0.05, 0.1) is 17.1 Å². The summed E-state index contributed by atoms with van der Waals surface area (Å²) in [6.45, 7) is 8.26. The zero-order valence-corrected chi connectivity index (χ0v) is 15.6. The van der Waals surface area contributed by atoms with Gasteiger partial charge >= 0.3 is 0 Å². The average Bonchev–Trinajstić information content (AvgIpc) is 2.89. The molecule has 0 atom stereocenters. The lowest BCUT2D eigenvalue weighted by Gasteiger charge is -2.14. The number of aromatic nitrogens is 2. The molecule has 3 aromatic rings. The highest BCUT2D eigenvalue weighted by atomic mass is 16.3. The van der Waals surface area contributed by atoms with Gasteiger partial charge in [0, 0.05) is 18.4 Å². The van der Waals surface area contributed by atoms with Gasteiger partial charge in [0.25, 0.3) is 0 Å². The molecule has 0 aliphatic rings. The number of fused-ring (bicyclic) bond motifs is 1. The molecule has 0 saturated heterocycles. The number of rotatable bonds is 5. The fourth-order valence-corrected chi connectivity index (χ4v) is 3.08. The number of aliphatic hydroxyl groups excluding tert-OH is 1. The van der Waals surface area contributed by atoms with Gasteiger partial charge in [0.15, 0.2) is 5.65 Å². The van der Waals surface area contributed by atoms with Crippen molar-refractivity contribution in [3.05, 3.63) is 58.5 Å². The van der Waals surface area contributed by atoms with E-state index in [1.807, 2.05) is 30.5 Å². The van der Waals surface area contributed by atoms with Gasteiger partial charge in [-0.2, -0.15) is 0 Å². The maximum Gasteiger partial charge on any atom is 0.250 e. The summed E-state index contributed by atoms with van der Waals surface area (Å²) in [5.74, 6) is -0.445. The molecule has 0 saturated carbocycles. The number of pyridine rings is 1. The lowest BCUT2D eigenvalue weighted by Crippen LogP contribution is -2.16. The van der Waals surface area contributed by atoms with Crippen molar-refractivity contribution in [3.63, 3.8) is 0 Å². The number of aliphatic hydroxyl groups is 1. The quantitative estimate of drug-likeness (QED) is 0.659. The molecule has 26 heavy (non-hydrogen) atoms. The number of imidazole rings is 1. The van der Waals surface area contributed by atoms with Crippen molar-refractivity contribution in [2.24, 2.45) is 0 Å². The Morgan fingerprint density at radius 3 is 2.54 bits per heavy atom. The zero-order chi connectivity index (χ0) is 18.8. The van der Waals surface area contributed by atoms with Gasteiger partial charge in [-0.1, -0.05) is 18.2 Å². The van der Waals surface area contributed by atoms with E-state index in [-0.39, 0.29) is 0 Å². The van der Waals surface area contributed by atoms with Gasteiger partial charge in [-0.15, -0.1) is 0 Å². The van der Waals surface area contributed by atoms with Crippen molar-refractivity contribution in [1.29, 1.82) is 0 Å². The van der Waals surface area contributed by atoms with Gasteiger partial charge in [-0.05, 0) is 50.5 Å². The highest BCUT2D eigenvalue weighted by Crippen LogP contribution is 2.25. The number of carbonyl (C=O) groups is 1. The van der Waals surface area contributed by atoms with E-state index in [0.717, 1.165) is 22.7 Å². The lowest BCUT2D eigenvalue weighted by atomic mass is 10.0. The molecular weight excluding hydrogens is 328 g/mol. The fourth-order valence-electron chi connectivity index (χ4n) is 3.08. The Morgan fingerprint density at radius 1 is 1.19 bits per heavy atom. The van der Waals surface area contributed by atoms with Crippen LogP contribution in [0.1, 0.15) is 28.1 Å². The van der Waals surface area contributed by atoms with Gasteiger partial charge < -0.3 is 20.1 Å². The predicted molar refractivity (Wildman–Crippen MR) is 104 cm³/mol. The molecule has 6 nitrogen and oxygen atoms in total. The highest BCUT2D eigenvalue weighted by molar-refractivity contribution is 5.92. The van der Waals surface area contributed by atoms with Gasteiger partial charge in [0.1, 0.15) is 6.61 Å². The van der Waals surface area contributed by atoms with Gasteiger partial charge in [-0.25, -0.2) is 4.98 Å². The summed E-state index contributed by atoms with van der Waals surface area (Å²) in [6.07, 6.45) is 1.82. The first-order valence-electron chi connectivity index (χ1n) is 8.59. The number of nitrogens with one attached hydrogen (secondary N) is 2. The van der Waals surface area contributed by atoms with Crippen LogP contribution in [0.5, 0.6) is 0 Å². The normalized spacial score (nSPS) is 11.0. The second kappa shape index (κ2) is 7.17. The smallest absolute Gasteiger partial charge is 0.250 e. The summed E-state index contributed by atoms with van der Waals surface area (Å²) in [4.78, 5) is 16.2. The molecule has 3 rings (SSSR count). The van der Waals surface area contributed by atoms with E-state index in [0.29, 0.717) is 12.2 Å². The van der Waals surface area contributed by atoms with E-state index >= 15 is 0 Å². The van der Waals surface area contributed by atoms with Crippen LogP contribution >= 0.6 is 0 Å². The molecule has 2 aromatic heterocycles. The maximum atomic E-state index is 11.6. The first kappa shape index (κ1) is 17.9. The Morgan fingerprint density at radius 2 is 1.88 bits per heavy atom. The molecule has 6 heteroatoms. The predicted octanol–water partition coefficient (Wildman–Crippen LogP) is 3.11. The van der Waals surface area contributed by atoms with E-state index in [2.05, 4.69) is 47.7 Å². The van der Waals surface area contributed by atoms with E-state index in [1.54, 1.807) is 0 Å². The van der Waals surface area contributed by atoms with Gasteiger partial charge in [-0.3, -0.25) is 4.79 Å². The van der Waals surface area contributed by atoms with Crippen LogP contribution in [0.2, 0.25) is 0 Å². The molecule has 0 fully saturated rings. The number of carbonyl (C=O) groups excluding carboxylic acids is 1. The second-order valence-electron chi connectivity index (χ2n) is 6.55. The third-order valence-corrected chi connectivity index (χ3v) is 4.72. The minimum Gasteiger partial charge on any atom is -0.387 e. The van der Waals surface area contributed by atoms with Crippen molar-refractivity contribution in [2.45, 2.75) is 34.2 Å². The van der Waals surface area contributed by atoms with Crippen LogP contribution in [0.4, 0.5) is 11.4 Å². The Kier molecular flexibility index (Phi) is 4.95. The number of hydrogen-bond acceptors (Lipinski definition) is 4. The Hall–Kier alpha value is -2.86. The van der Waals surface area contributed by atoms with Crippen molar-refractivity contribution < 1.29 is 9.90 Å². The first-order valence-corrected chi connectivity index (χ1v) is 8.59. The molecule has 0 spiro atoms. The maximum absolute atomic E-state index is 11.6. The largest absolute Gasteiger partial charge is 0.387 e. The molecule has 136 valence electrons. The molecular formula is C20H24N4O2. The zero-order valence-electron chi connectivity index (χ0n) is 15.6. The summed E-state index contributed by atoms with van der Waals surface area (Å²) < 4.78 is 1.95. The molecule has 3 N–H and O–H groups in total. The number of anilines is 2. The molecule has 0 bridgehead atoms. The molecule has 0 radical (unpaired) electrons. The molecule has 1 amide bonds. The lowest BCUT2D eigenvalue weighted by molar-refractivity contribution is -0.118. The standard InChI is InChI=1S/C20H24N4O2/c1-12-6-5-7-13(2)17(12)9-21-18-8-16(23-19(26)11-25)10-24-15(4)14(3)22-20(18)24/h5-8,10,21,25H,9,11H2,1-4H3,(H,23,26). The van der Waals surface area contributed by atoms with Crippen molar-refractivity contribution >= 4 is 22.9 Å². The summed E-state index contributed by atoms with van der Waals surface area (Å²) >= 11 is 0. The third-order valence-electron chi connectivity index (χ3n) is 4.72. The van der Waals surface area contributed by atoms with Crippen molar-refractivity contribution in [1.82, 2.24) is 9.38 Å². The van der Waals surface area contributed by atoms with Crippen molar-refractivity contribution in [3.8, 4) is 0 Å². The van der Waals surface area contributed by atoms with Crippen LogP contribution < -0.4 is 10.6 Å². The molecule has 1 aromatic carbocycles. The van der Waals surface area contributed by atoms with Crippen LogP contribution in [0.15, 0.2) is 30.5 Å². The van der Waals surface area contributed by atoms with Crippen LogP contribution in [0.3, 0.4) is 0 Å².